The van der Waals surface area contributed by atoms with Gasteiger partial charge in [0.05, 0.1) is 21.9 Å². The Morgan fingerprint density at radius 1 is 0.806 bits per heavy atom. The van der Waals surface area contributed by atoms with Crippen LogP contribution in [0, 0.1) is 10.1 Å². The van der Waals surface area contributed by atoms with Gasteiger partial charge in [0, 0.05) is 17.7 Å². The van der Waals surface area contributed by atoms with Crippen molar-refractivity contribution in [2.45, 2.75) is 5.72 Å². The number of nitro benzene ring substituents is 1. The van der Waals surface area contributed by atoms with Crippen molar-refractivity contribution in [2.75, 3.05) is 9.80 Å². The third kappa shape index (κ3) is 2.46. The monoisotopic (exact) mass is 415 g/mol. The van der Waals surface area contributed by atoms with E-state index in [0.717, 1.165) is 9.80 Å². The highest BCUT2D eigenvalue weighted by Gasteiger charge is 2.66. The van der Waals surface area contributed by atoms with Gasteiger partial charge < -0.3 is 4.74 Å². The van der Waals surface area contributed by atoms with Crippen molar-refractivity contribution in [1.82, 2.24) is 0 Å². The molecule has 152 valence electrons. The summed E-state index contributed by atoms with van der Waals surface area (Å²) < 4.78 is 5.61. The molecule has 0 saturated carbocycles. The number of fused-ring (bicyclic) bond motifs is 2. The first-order valence-corrected chi connectivity index (χ1v) is 9.26. The predicted octanol–water partition coefficient (Wildman–Crippen LogP) is 3.59. The number of carbonyl (C=O) groups is 3. The number of non-ortho nitro benzene ring substituents is 1. The number of imide groups is 1. The quantitative estimate of drug-likeness (QED) is 0.280. The van der Waals surface area contributed by atoms with Crippen molar-refractivity contribution in [3.8, 4) is 0 Å². The van der Waals surface area contributed by atoms with Crippen LogP contribution in [0.5, 0.6) is 0 Å². The number of hydrogen-bond acceptors (Lipinski definition) is 6. The number of nitro groups is 1. The van der Waals surface area contributed by atoms with E-state index in [9.17, 15) is 24.5 Å². The van der Waals surface area contributed by atoms with Gasteiger partial charge in [-0.25, -0.2) is 19.4 Å². The Hall–Kier alpha value is -4.53. The van der Waals surface area contributed by atoms with Crippen molar-refractivity contribution in [3.05, 3.63) is 100 Å². The second-order valence-electron chi connectivity index (χ2n) is 6.95. The van der Waals surface area contributed by atoms with E-state index >= 15 is 0 Å². The van der Waals surface area contributed by atoms with Crippen LogP contribution in [0.15, 0.2) is 78.9 Å². The van der Waals surface area contributed by atoms with E-state index in [1.807, 2.05) is 0 Å². The first-order chi connectivity index (χ1) is 14.9. The zero-order valence-corrected chi connectivity index (χ0v) is 15.8. The topological polar surface area (TPSA) is 110 Å². The predicted molar refractivity (Wildman–Crippen MR) is 108 cm³/mol. The molecule has 0 bridgehead atoms. The Labute approximate surface area is 175 Å². The van der Waals surface area contributed by atoms with Crippen molar-refractivity contribution in [3.63, 3.8) is 0 Å². The largest absolute Gasteiger partial charge is 0.420 e. The fourth-order valence-electron chi connectivity index (χ4n) is 3.91. The molecule has 2 aliphatic heterocycles. The van der Waals surface area contributed by atoms with Gasteiger partial charge in [0.2, 0.25) is 0 Å². The Morgan fingerprint density at radius 3 is 2.13 bits per heavy atom. The minimum absolute atomic E-state index is 0.124. The van der Waals surface area contributed by atoms with Gasteiger partial charge >= 0.3 is 23.6 Å². The number of anilines is 2. The number of esters is 1. The van der Waals surface area contributed by atoms with Crippen LogP contribution in [0.3, 0.4) is 0 Å². The second-order valence-corrected chi connectivity index (χ2v) is 6.95. The first-order valence-electron chi connectivity index (χ1n) is 9.26. The molecule has 9 nitrogen and oxygen atoms in total. The second kappa shape index (κ2) is 6.49. The Bertz CT molecular complexity index is 1260. The van der Waals surface area contributed by atoms with Crippen molar-refractivity contribution in [2.24, 2.45) is 0 Å². The van der Waals surface area contributed by atoms with Crippen molar-refractivity contribution >= 4 is 35.0 Å². The zero-order valence-electron chi connectivity index (χ0n) is 15.8. The molecule has 0 aromatic heterocycles. The molecule has 1 spiro atoms. The van der Waals surface area contributed by atoms with E-state index in [1.54, 1.807) is 48.5 Å². The molecule has 5 rings (SSSR count). The Kier molecular flexibility index (Phi) is 3.87. The first kappa shape index (κ1) is 18.5. The summed E-state index contributed by atoms with van der Waals surface area (Å²) in [6.45, 7) is 0. The lowest BCUT2D eigenvalue weighted by atomic mass is 9.98. The normalized spacial score (nSPS) is 19.7. The minimum Gasteiger partial charge on any atom is -0.420 e. The summed E-state index contributed by atoms with van der Waals surface area (Å²) in [7, 11) is 0. The Morgan fingerprint density at radius 2 is 1.45 bits per heavy atom. The summed E-state index contributed by atoms with van der Waals surface area (Å²) in [5.74, 6) is -1.50. The van der Waals surface area contributed by atoms with Gasteiger partial charge in [-0.1, -0.05) is 36.4 Å². The molecule has 1 fully saturated rings. The highest BCUT2D eigenvalue weighted by Crippen LogP contribution is 2.48. The summed E-state index contributed by atoms with van der Waals surface area (Å²) >= 11 is 0. The summed E-state index contributed by atoms with van der Waals surface area (Å²) in [5.41, 5.74) is -1.26. The molecule has 31 heavy (non-hydrogen) atoms. The summed E-state index contributed by atoms with van der Waals surface area (Å²) in [5, 5.41) is 11.0. The highest BCUT2D eigenvalue weighted by molar-refractivity contribution is 6.31. The minimum atomic E-state index is -2.01. The number of hydrogen-bond donors (Lipinski definition) is 0. The van der Waals surface area contributed by atoms with E-state index in [2.05, 4.69) is 0 Å². The fraction of sp³-hybridized carbons (Fsp3) is 0.0455. The molecule has 9 heteroatoms. The molecule has 1 atom stereocenters. The van der Waals surface area contributed by atoms with Crippen molar-refractivity contribution in [1.29, 1.82) is 0 Å². The van der Waals surface area contributed by atoms with E-state index in [1.165, 1.54) is 30.3 Å². The van der Waals surface area contributed by atoms with Crippen LogP contribution in [0.2, 0.25) is 0 Å². The van der Waals surface area contributed by atoms with Crippen LogP contribution in [0.1, 0.15) is 15.9 Å². The fourth-order valence-corrected chi connectivity index (χ4v) is 3.91. The molecule has 3 amide bonds. The molecule has 2 aliphatic rings. The average Bonchev–Trinajstić information content (AvgIpc) is 3.20. The van der Waals surface area contributed by atoms with Crippen LogP contribution in [0.25, 0.3) is 0 Å². The van der Waals surface area contributed by atoms with E-state index in [4.69, 9.17) is 4.74 Å². The molecular formula is C22H13N3O6. The lowest BCUT2D eigenvalue weighted by Crippen LogP contribution is -2.47. The molecule has 2 heterocycles. The lowest BCUT2D eigenvalue weighted by molar-refractivity contribution is -0.384. The van der Waals surface area contributed by atoms with Crippen LogP contribution < -0.4 is 9.80 Å². The number of para-hydroxylation sites is 1. The number of benzene rings is 3. The molecule has 3 aromatic carbocycles. The van der Waals surface area contributed by atoms with Gasteiger partial charge in [-0.15, -0.1) is 0 Å². The third-order valence-electron chi connectivity index (χ3n) is 5.28. The van der Waals surface area contributed by atoms with Gasteiger partial charge in [0.1, 0.15) is 0 Å². The molecule has 1 saturated heterocycles. The van der Waals surface area contributed by atoms with Crippen molar-refractivity contribution < 1.29 is 24.0 Å². The van der Waals surface area contributed by atoms with Gasteiger partial charge in [-0.05, 0) is 30.3 Å². The van der Waals surface area contributed by atoms with Crippen LogP contribution >= 0.6 is 0 Å². The lowest BCUT2D eigenvalue weighted by Gasteiger charge is -2.30. The zero-order chi connectivity index (χ0) is 21.8. The maximum Gasteiger partial charge on any atom is 0.341 e. The number of urea groups is 1. The maximum absolute atomic E-state index is 13.7. The number of rotatable bonds is 3. The molecule has 0 N–H and O–H groups in total. The number of ether oxygens (including phenoxy) is 1. The third-order valence-corrected chi connectivity index (χ3v) is 5.28. The molecule has 1 unspecified atom stereocenters. The number of nitrogens with zero attached hydrogens (tertiary/aromatic N) is 3. The molecule has 3 aromatic rings. The van der Waals surface area contributed by atoms with E-state index in [0.29, 0.717) is 5.69 Å². The van der Waals surface area contributed by atoms with Crippen LogP contribution in [0.4, 0.5) is 21.9 Å². The summed E-state index contributed by atoms with van der Waals surface area (Å²) in [6.07, 6.45) is 0. The standard InChI is InChI=1S/C22H13N3O6/c26-19-17-8-4-5-9-18(17)22(31-19)20(27)23(14-10-12-16(13-11-14)25(29)30)21(28)24(22)15-6-2-1-3-7-15/h1-13H. The number of amides is 3. The molecular weight excluding hydrogens is 402 g/mol. The SMILES string of the molecule is O=C1OC2(C(=O)N(c3ccc([N+](=O)[O-])cc3)C(=O)N2c2ccccc2)c2ccccc21. The molecule has 0 aliphatic carbocycles. The van der Waals surface area contributed by atoms with Gasteiger partial charge in [-0.3, -0.25) is 14.9 Å². The van der Waals surface area contributed by atoms with Gasteiger partial charge in [0.25, 0.3) is 5.69 Å². The van der Waals surface area contributed by atoms with Crippen LogP contribution in [-0.4, -0.2) is 22.8 Å². The van der Waals surface area contributed by atoms with E-state index in [-0.39, 0.29) is 22.5 Å². The summed E-state index contributed by atoms with van der Waals surface area (Å²) in [6, 6.07) is 19.0. The van der Waals surface area contributed by atoms with Crippen LogP contribution in [-0.2, 0) is 15.3 Å². The summed E-state index contributed by atoms with van der Waals surface area (Å²) in [4.78, 5) is 52.2. The highest BCUT2D eigenvalue weighted by atomic mass is 16.6. The molecule has 0 radical (unpaired) electrons. The number of carbonyl (C=O) groups excluding carboxylic acids is 3. The van der Waals surface area contributed by atoms with E-state index < -0.39 is 28.6 Å². The average molecular weight is 415 g/mol. The smallest absolute Gasteiger partial charge is 0.341 e. The van der Waals surface area contributed by atoms with Gasteiger partial charge in [0.15, 0.2) is 0 Å². The Balaban J connectivity index is 1.72. The van der Waals surface area contributed by atoms with Gasteiger partial charge in [-0.2, -0.15) is 0 Å². The maximum atomic E-state index is 13.7.